The first-order chi connectivity index (χ1) is 12.9. The molecule has 162 valence electrons. The summed E-state index contributed by atoms with van der Waals surface area (Å²) in [6.07, 6.45) is -3.27. The van der Waals surface area contributed by atoms with Crippen LogP contribution in [0.2, 0.25) is 0 Å². The lowest BCUT2D eigenvalue weighted by Crippen LogP contribution is -2.57. The van der Waals surface area contributed by atoms with Crippen LogP contribution in [-0.2, 0) is 9.59 Å². The van der Waals surface area contributed by atoms with Gasteiger partial charge in [-0.15, -0.1) is 0 Å². The highest BCUT2D eigenvalue weighted by Crippen LogP contribution is 2.65. The smallest absolute Gasteiger partial charge is 0.273 e. The van der Waals surface area contributed by atoms with Gasteiger partial charge in [0.2, 0.25) is 13.4 Å². The number of imide groups is 1. The molecule has 0 saturated heterocycles. The Labute approximate surface area is 173 Å². The van der Waals surface area contributed by atoms with E-state index < -0.39 is 114 Å². The summed E-state index contributed by atoms with van der Waals surface area (Å²) in [5.74, 6) is -3.51. The van der Waals surface area contributed by atoms with Crippen molar-refractivity contribution in [1.29, 1.82) is 0 Å². The second-order valence-electron chi connectivity index (χ2n) is 4.36. The molecule has 0 unspecified atom stereocenters. The van der Waals surface area contributed by atoms with Crippen LogP contribution in [0.1, 0.15) is 12.8 Å². The fourth-order valence-electron chi connectivity index (χ4n) is 1.40. The maximum Gasteiger partial charge on any atom is 0.614 e. The van der Waals surface area contributed by atoms with Crippen LogP contribution in [0.25, 0.3) is 0 Å². The van der Waals surface area contributed by atoms with Crippen LogP contribution in [0.3, 0.4) is 0 Å². The first-order valence-corrected chi connectivity index (χ1v) is 9.56. The van der Waals surface area contributed by atoms with Crippen molar-refractivity contribution in [3.63, 3.8) is 0 Å². The maximum absolute atomic E-state index is 13.6. The zero-order valence-electron chi connectivity index (χ0n) is 12.6. The number of carbonyl (C=O) groups is 2. The summed E-state index contributed by atoms with van der Waals surface area (Å²) >= 11 is -6.87. The Morgan fingerprint density at radius 1 is 0.929 bits per heavy atom. The number of hydrogen-bond donors (Lipinski definition) is 1. The molecular weight excluding hydrogens is 510 g/mol. The zero-order chi connectivity index (χ0) is 22.3. The molecule has 0 aromatic carbocycles. The first-order valence-electron chi connectivity index (χ1n) is 5.98. The number of nitrogens with zero attached hydrogens (tertiary/aromatic N) is 3. The van der Waals surface area contributed by atoms with Crippen LogP contribution in [-0.4, -0.2) is 40.1 Å². The highest BCUT2D eigenvalue weighted by atomic mass is 32.3. The van der Waals surface area contributed by atoms with E-state index in [1.165, 1.54) is 0 Å². The number of hydrogen-bond acceptors (Lipinski definition) is 12. The predicted octanol–water partition coefficient (Wildman–Crippen LogP) is 3.61. The third-order valence-corrected chi connectivity index (χ3v) is 8.12. The van der Waals surface area contributed by atoms with Gasteiger partial charge in [0.15, 0.2) is 0 Å². The summed E-state index contributed by atoms with van der Waals surface area (Å²) in [6.45, 7) is 0. The van der Waals surface area contributed by atoms with E-state index in [0.717, 1.165) is 0 Å². The minimum Gasteiger partial charge on any atom is -0.273 e. The number of halogens is 6. The Bertz CT molecular complexity index is 605. The number of rotatable bonds is 12. The first kappa shape index (κ1) is 27.2. The monoisotopic (exact) mass is 516 g/mol. The normalized spacial score (nSPS) is 12.5. The van der Waals surface area contributed by atoms with Gasteiger partial charge in [-0.2, -0.15) is 19.4 Å². The van der Waals surface area contributed by atoms with E-state index in [1.54, 1.807) is 0 Å². The van der Waals surface area contributed by atoms with Gasteiger partial charge in [0.25, 0.3) is 5.91 Å². The SMILES string of the molecule is NN(C(=O)CCC(F)([N+](=O)[O-])[N+](=O)[O-])C(=O)C(SF)(SF)C(SF)(SF)SF. The molecule has 0 fully saturated rings. The van der Waals surface area contributed by atoms with E-state index in [1.807, 2.05) is 0 Å². The lowest BCUT2D eigenvalue weighted by atomic mass is 10.2. The van der Waals surface area contributed by atoms with E-state index in [2.05, 4.69) is 0 Å². The second kappa shape index (κ2) is 10.8. The molecule has 0 aliphatic carbocycles. The van der Waals surface area contributed by atoms with Crippen LogP contribution >= 0.6 is 60.7 Å². The number of hydrazine groups is 1. The van der Waals surface area contributed by atoms with Gasteiger partial charge in [-0.05, 0) is 0 Å². The third-order valence-electron chi connectivity index (χ3n) is 2.91. The fraction of sp³-hybridized carbons (Fsp3) is 0.714. The van der Waals surface area contributed by atoms with Crippen molar-refractivity contribution in [3.05, 3.63) is 20.2 Å². The van der Waals surface area contributed by atoms with Crippen LogP contribution in [0.5, 0.6) is 0 Å². The molecule has 0 aromatic heterocycles. The number of nitro groups is 2. The van der Waals surface area contributed by atoms with Gasteiger partial charge < -0.3 is 0 Å². The Morgan fingerprint density at radius 3 is 1.61 bits per heavy atom. The molecule has 2 amide bonds. The summed E-state index contributed by atoms with van der Waals surface area (Å²) in [5, 5.41) is 20.1. The zero-order valence-corrected chi connectivity index (χ0v) is 16.7. The standard InChI is InChI=1S/C7H6F6N4O6S5/c8-5(16(20)21,17(22)23)2-1-3(18)15(14)4(19)6(24-9,25-10)7(26-11,27-12)28-13/h1-2,14H2. The number of carbonyl (C=O) groups excluding carboxylic acids is 2. The number of alkyl halides is 1. The third kappa shape index (κ3) is 4.86. The summed E-state index contributed by atoms with van der Waals surface area (Å²) in [4.78, 5) is 40.7. The lowest BCUT2D eigenvalue weighted by Gasteiger charge is -2.36. The molecule has 0 saturated carbocycles. The van der Waals surface area contributed by atoms with Gasteiger partial charge in [-0.25, -0.2) is 10.9 Å². The quantitative estimate of drug-likeness (QED) is 0.0768. The maximum atomic E-state index is 13.6. The molecule has 0 rings (SSSR count). The molecule has 0 bridgehead atoms. The second-order valence-corrected chi connectivity index (χ2v) is 9.23. The van der Waals surface area contributed by atoms with E-state index in [9.17, 15) is 53.6 Å². The van der Waals surface area contributed by atoms with Crippen molar-refractivity contribution >= 4 is 72.6 Å². The molecule has 0 aromatic rings. The van der Waals surface area contributed by atoms with Crippen molar-refractivity contribution in [2.75, 3.05) is 0 Å². The van der Waals surface area contributed by atoms with Crippen molar-refractivity contribution in [3.8, 4) is 0 Å². The average Bonchev–Trinajstić information content (AvgIpc) is 2.68. The predicted molar refractivity (Wildman–Crippen MR) is 92.1 cm³/mol. The van der Waals surface area contributed by atoms with Gasteiger partial charge in [-0.1, -0.05) is 4.39 Å². The molecule has 0 heterocycles. The van der Waals surface area contributed by atoms with Crippen LogP contribution in [0.4, 0.5) is 23.8 Å². The van der Waals surface area contributed by atoms with Crippen molar-refractivity contribution < 1.29 is 43.3 Å². The molecular formula is C7H6F6N4O6S5. The van der Waals surface area contributed by atoms with Gasteiger partial charge in [-0.3, -0.25) is 29.8 Å². The Hall–Kier alpha value is -0.770. The Kier molecular flexibility index (Phi) is 10.6. The van der Waals surface area contributed by atoms with Crippen molar-refractivity contribution in [2.24, 2.45) is 5.84 Å². The van der Waals surface area contributed by atoms with E-state index in [-0.39, 0.29) is 0 Å². The molecule has 0 spiro atoms. The molecule has 21 heteroatoms. The molecule has 0 radical (unpaired) electrons. The lowest BCUT2D eigenvalue weighted by molar-refractivity contribution is -0.832. The minimum atomic E-state index is -4.36. The Morgan fingerprint density at radius 2 is 1.32 bits per heavy atom. The minimum absolute atomic E-state index is 0.711. The van der Waals surface area contributed by atoms with Gasteiger partial charge in [0.05, 0.1) is 60.7 Å². The summed E-state index contributed by atoms with van der Waals surface area (Å²) < 4.78 is 72.1. The molecule has 10 nitrogen and oxygen atoms in total. The number of amides is 2. The molecule has 0 atom stereocenters. The van der Waals surface area contributed by atoms with E-state index in [4.69, 9.17) is 5.84 Å². The van der Waals surface area contributed by atoms with Gasteiger partial charge in [0.1, 0.15) is 16.3 Å². The Balaban J connectivity index is 5.73. The van der Waals surface area contributed by atoms with Crippen molar-refractivity contribution in [2.45, 2.75) is 26.2 Å². The highest BCUT2D eigenvalue weighted by Gasteiger charge is 2.67. The largest absolute Gasteiger partial charge is 0.614 e. The average molecular weight is 516 g/mol. The topological polar surface area (TPSA) is 150 Å². The molecule has 2 N–H and O–H groups in total. The molecule has 28 heavy (non-hydrogen) atoms. The van der Waals surface area contributed by atoms with Crippen molar-refractivity contribution in [1.82, 2.24) is 5.01 Å². The van der Waals surface area contributed by atoms with Crippen LogP contribution in [0, 0.1) is 20.2 Å². The van der Waals surface area contributed by atoms with Crippen LogP contribution in [0.15, 0.2) is 0 Å². The van der Waals surface area contributed by atoms with E-state index in [0.29, 0.717) is 0 Å². The summed E-state index contributed by atoms with van der Waals surface area (Å²) in [6, 6.07) is 0. The molecule has 0 aliphatic heterocycles. The summed E-state index contributed by atoms with van der Waals surface area (Å²) in [7, 11) is 0. The van der Waals surface area contributed by atoms with Gasteiger partial charge >= 0.3 is 5.92 Å². The molecule has 0 aliphatic rings. The number of nitrogens with two attached hydrogens (primary N) is 1. The highest BCUT2D eigenvalue weighted by molar-refractivity contribution is 8.33. The van der Waals surface area contributed by atoms with Gasteiger partial charge in [0, 0.05) is 6.42 Å². The fourth-order valence-corrected chi connectivity index (χ4v) is 4.00. The summed E-state index contributed by atoms with van der Waals surface area (Å²) in [5.41, 5.74) is 0. The van der Waals surface area contributed by atoms with Crippen LogP contribution < -0.4 is 5.84 Å². The van der Waals surface area contributed by atoms with E-state index >= 15 is 0 Å².